The molecule has 1 fully saturated rings. The Morgan fingerprint density at radius 1 is 1.19 bits per heavy atom. The Morgan fingerprint density at radius 2 is 1.75 bits per heavy atom. The van der Waals surface area contributed by atoms with Crippen molar-refractivity contribution in [3.8, 4) is 6.07 Å². The van der Waals surface area contributed by atoms with Crippen LogP contribution >= 0.6 is 0 Å². The zero-order valence-electron chi connectivity index (χ0n) is 11.5. The fraction of sp³-hybridized carbons (Fsp3) is 0.929. The lowest BCUT2D eigenvalue weighted by molar-refractivity contribution is 0.117. The summed E-state index contributed by atoms with van der Waals surface area (Å²) in [5.41, 5.74) is 0.501. The summed E-state index contributed by atoms with van der Waals surface area (Å²) in [6, 6.07) is 2.48. The minimum Gasteiger partial charge on any atom is -0.315 e. The standard InChI is InChI=1S/C14H26N2/c1-12(2,3)13(4,5)10-16-11-14(9-15)7-6-8-14/h16H,6-8,10-11H2,1-5H3. The SMILES string of the molecule is CC(C)(C)C(C)(C)CNCC1(C#N)CCC1. The smallest absolute Gasteiger partial charge is 0.0703 e. The molecule has 0 aromatic rings. The molecule has 1 N–H and O–H groups in total. The van der Waals surface area contributed by atoms with Gasteiger partial charge in [-0.1, -0.05) is 41.0 Å². The lowest BCUT2D eigenvalue weighted by atomic mass is 9.68. The van der Waals surface area contributed by atoms with Crippen molar-refractivity contribution in [2.45, 2.75) is 53.9 Å². The molecule has 2 heteroatoms. The van der Waals surface area contributed by atoms with Crippen molar-refractivity contribution in [3.63, 3.8) is 0 Å². The van der Waals surface area contributed by atoms with Crippen LogP contribution in [-0.2, 0) is 0 Å². The molecule has 0 saturated heterocycles. The van der Waals surface area contributed by atoms with Crippen LogP contribution in [0.1, 0.15) is 53.9 Å². The normalized spacial score (nSPS) is 20.0. The van der Waals surface area contributed by atoms with Gasteiger partial charge in [-0.25, -0.2) is 0 Å². The summed E-state index contributed by atoms with van der Waals surface area (Å²) in [5, 5.41) is 12.6. The highest BCUT2D eigenvalue weighted by Gasteiger charge is 2.38. The first-order chi connectivity index (χ1) is 7.22. The van der Waals surface area contributed by atoms with E-state index in [1.165, 1.54) is 6.42 Å². The van der Waals surface area contributed by atoms with Crippen molar-refractivity contribution >= 4 is 0 Å². The average Bonchev–Trinajstić information content (AvgIpc) is 2.07. The summed E-state index contributed by atoms with van der Waals surface area (Å²) in [6.07, 6.45) is 3.37. The Kier molecular flexibility index (Phi) is 3.69. The Morgan fingerprint density at radius 3 is 2.06 bits per heavy atom. The van der Waals surface area contributed by atoms with Gasteiger partial charge in [0, 0.05) is 13.1 Å². The third-order valence-corrected chi connectivity index (χ3v) is 4.61. The van der Waals surface area contributed by atoms with Crippen molar-refractivity contribution in [1.82, 2.24) is 5.32 Å². The summed E-state index contributed by atoms with van der Waals surface area (Å²) >= 11 is 0. The highest BCUT2D eigenvalue weighted by atomic mass is 14.9. The second-order valence-corrected chi connectivity index (χ2v) is 6.98. The van der Waals surface area contributed by atoms with E-state index < -0.39 is 0 Å². The van der Waals surface area contributed by atoms with Crippen molar-refractivity contribution in [1.29, 1.82) is 5.26 Å². The van der Waals surface area contributed by atoms with Gasteiger partial charge in [-0.3, -0.25) is 0 Å². The number of hydrogen-bond acceptors (Lipinski definition) is 2. The summed E-state index contributed by atoms with van der Waals surface area (Å²) in [4.78, 5) is 0. The van der Waals surface area contributed by atoms with E-state index in [0.29, 0.717) is 5.41 Å². The molecular weight excluding hydrogens is 196 g/mol. The van der Waals surface area contributed by atoms with Gasteiger partial charge in [0.05, 0.1) is 11.5 Å². The van der Waals surface area contributed by atoms with Crippen LogP contribution in [0.3, 0.4) is 0 Å². The molecule has 1 rings (SSSR count). The molecule has 1 aliphatic rings. The molecule has 0 radical (unpaired) electrons. The van der Waals surface area contributed by atoms with E-state index in [4.69, 9.17) is 5.26 Å². The molecule has 0 amide bonds. The quantitative estimate of drug-likeness (QED) is 0.792. The fourth-order valence-electron chi connectivity index (χ4n) is 1.81. The first kappa shape index (κ1) is 13.5. The van der Waals surface area contributed by atoms with Crippen LogP contribution in [0.25, 0.3) is 0 Å². The number of nitrogens with zero attached hydrogens (tertiary/aromatic N) is 1. The summed E-state index contributed by atoms with van der Waals surface area (Å²) < 4.78 is 0. The van der Waals surface area contributed by atoms with Crippen molar-refractivity contribution < 1.29 is 0 Å². The maximum absolute atomic E-state index is 9.14. The van der Waals surface area contributed by atoms with Gasteiger partial charge in [0.2, 0.25) is 0 Å². The van der Waals surface area contributed by atoms with Gasteiger partial charge >= 0.3 is 0 Å². The van der Waals surface area contributed by atoms with E-state index in [1.54, 1.807) is 0 Å². The Hall–Kier alpha value is -0.550. The van der Waals surface area contributed by atoms with Crippen LogP contribution in [0.5, 0.6) is 0 Å². The molecule has 1 aliphatic carbocycles. The first-order valence-corrected chi connectivity index (χ1v) is 6.34. The molecule has 92 valence electrons. The molecule has 0 heterocycles. The van der Waals surface area contributed by atoms with Crippen molar-refractivity contribution in [2.75, 3.05) is 13.1 Å². The number of nitriles is 1. The lowest BCUT2D eigenvalue weighted by Gasteiger charge is -2.41. The molecular formula is C14H26N2. The van der Waals surface area contributed by atoms with Gasteiger partial charge in [-0.05, 0) is 23.7 Å². The highest BCUT2D eigenvalue weighted by Crippen LogP contribution is 2.40. The van der Waals surface area contributed by atoms with Crippen LogP contribution in [-0.4, -0.2) is 13.1 Å². The van der Waals surface area contributed by atoms with Gasteiger partial charge in [-0.2, -0.15) is 5.26 Å². The van der Waals surface area contributed by atoms with Crippen LogP contribution in [0, 0.1) is 27.6 Å². The van der Waals surface area contributed by atoms with E-state index >= 15 is 0 Å². The van der Waals surface area contributed by atoms with Gasteiger partial charge in [0.15, 0.2) is 0 Å². The monoisotopic (exact) mass is 222 g/mol. The predicted octanol–water partition coefficient (Wildman–Crippen LogP) is 3.34. The van der Waals surface area contributed by atoms with Crippen LogP contribution < -0.4 is 5.32 Å². The highest BCUT2D eigenvalue weighted by molar-refractivity contribution is 5.06. The summed E-state index contributed by atoms with van der Waals surface area (Å²) in [7, 11) is 0. The molecule has 0 aromatic carbocycles. The average molecular weight is 222 g/mol. The number of hydrogen-bond donors (Lipinski definition) is 1. The molecule has 0 bridgehead atoms. The number of nitrogens with one attached hydrogen (secondary N) is 1. The molecule has 0 aromatic heterocycles. The van der Waals surface area contributed by atoms with Crippen molar-refractivity contribution in [2.24, 2.45) is 16.2 Å². The topological polar surface area (TPSA) is 35.8 Å². The molecule has 0 spiro atoms. The van der Waals surface area contributed by atoms with Gasteiger partial charge in [0.25, 0.3) is 0 Å². The maximum Gasteiger partial charge on any atom is 0.0703 e. The van der Waals surface area contributed by atoms with Gasteiger partial charge < -0.3 is 5.32 Å². The fourth-order valence-corrected chi connectivity index (χ4v) is 1.81. The Bertz CT molecular complexity index is 274. The molecule has 0 atom stereocenters. The summed E-state index contributed by atoms with van der Waals surface area (Å²) in [5.74, 6) is 0. The molecule has 16 heavy (non-hydrogen) atoms. The second kappa shape index (κ2) is 4.37. The van der Waals surface area contributed by atoms with E-state index in [0.717, 1.165) is 25.9 Å². The van der Waals surface area contributed by atoms with Crippen LogP contribution in [0.2, 0.25) is 0 Å². The molecule has 1 saturated carbocycles. The van der Waals surface area contributed by atoms with E-state index in [9.17, 15) is 0 Å². The second-order valence-electron chi connectivity index (χ2n) is 6.98. The van der Waals surface area contributed by atoms with E-state index in [-0.39, 0.29) is 10.8 Å². The molecule has 2 nitrogen and oxygen atoms in total. The third kappa shape index (κ3) is 2.77. The van der Waals surface area contributed by atoms with Crippen molar-refractivity contribution in [3.05, 3.63) is 0 Å². The Balaban J connectivity index is 2.39. The summed E-state index contributed by atoms with van der Waals surface area (Å²) in [6.45, 7) is 13.3. The maximum atomic E-state index is 9.14. The minimum absolute atomic E-state index is 0.0477. The van der Waals surface area contributed by atoms with Gasteiger partial charge in [-0.15, -0.1) is 0 Å². The molecule has 0 unspecified atom stereocenters. The lowest BCUT2D eigenvalue weighted by Crippen LogP contribution is -2.45. The van der Waals surface area contributed by atoms with Crippen LogP contribution in [0.4, 0.5) is 0 Å². The minimum atomic E-state index is -0.0477. The van der Waals surface area contributed by atoms with Gasteiger partial charge in [0.1, 0.15) is 0 Å². The van der Waals surface area contributed by atoms with E-state index in [1.807, 2.05) is 0 Å². The third-order valence-electron chi connectivity index (χ3n) is 4.61. The number of rotatable bonds is 4. The largest absolute Gasteiger partial charge is 0.315 e. The molecule has 0 aliphatic heterocycles. The van der Waals surface area contributed by atoms with Crippen LogP contribution in [0.15, 0.2) is 0 Å². The zero-order valence-corrected chi connectivity index (χ0v) is 11.5. The first-order valence-electron chi connectivity index (χ1n) is 6.34. The van der Waals surface area contributed by atoms with E-state index in [2.05, 4.69) is 46.0 Å². The Labute approximate surface area is 100 Å². The zero-order chi connectivity index (χ0) is 12.4. The predicted molar refractivity (Wildman–Crippen MR) is 68.0 cm³/mol.